The largest absolute Gasteiger partial charge is 0.366 e. The van der Waals surface area contributed by atoms with Crippen molar-refractivity contribution in [2.75, 3.05) is 19.9 Å². The molecule has 2 fully saturated rings. The lowest BCUT2D eigenvalue weighted by atomic mass is 9.87. The molecule has 0 saturated carbocycles. The lowest BCUT2D eigenvalue weighted by Crippen LogP contribution is -2.52. The lowest BCUT2D eigenvalue weighted by molar-refractivity contribution is -0.153. The number of carbonyl (C=O) groups is 1. The molecule has 6 heteroatoms. The van der Waals surface area contributed by atoms with Gasteiger partial charge in [-0.2, -0.15) is 0 Å². The van der Waals surface area contributed by atoms with Crippen molar-refractivity contribution in [3.05, 3.63) is 71.0 Å². The Kier molecular flexibility index (Phi) is 4.62. The molecule has 3 heterocycles. The first-order chi connectivity index (χ1) is 13.7. The topological polar surface area (TPSA) is 50.8 Å². The van der Waals surface area contributed by atoms with Crippen molar-refractivity contribution in [3.63, 3.8) is 0 Å². The highest BCUT2D eigenvalue weighted by Crippen LogP contribution is 2.36. The zero-order valence-electron chi connectivity index (χ0n) is 15.5. The average Bonchev–Trinajstić information content (AvgIpc) is 3.21. The molecular weight excluding hydrogens is 359 g/mol. The SMILES string of the molecule is O=C([C@H]1C[C@@H]2NCO[C@H]2CO1)N1CCc2ccccc2[C@@H]1c1ccc(F)cc1. The van der Waals surface area contributed by atoms with Gasteiger partial charge in [-0.3, -0.25) is 10.1 Å². The van der Waals surface area contributed by atoms with E-state index in [2.05, 4.69) is 17.4 Å². The van der Waals surface area contributed by atoms with Crippen molar-refractivity contribution in [2.45, 2.75) is 37.1 Å². The molecule has 2 saturated heterocycles. The highest BCUT2D eigenvalue weighted by molar-refractivity contribution is 5.82. The third-order valence-electron chi connectivity index (χ3n) is 6.05. The van der Waals surface area contributed by atoms with Gasteiger partial charge >= 0.3 is 0 Å². The fourth-order valence-electron chi connectivity index (χ4n) is 4.58. The maximum absolute atomic E-state index is 13.5. The summed E-state index contributed by atoms with van der Waals surface area (Å²) in [5.41, 5.74) is 3.25. The van der Waals surface area contributed by atoms with Crippen LogP contribution >= 0.6 is 0 Å². The number of nitrogens with zero attached hydrogens (tertiary/aromatic N) is 1. The Morgan fingerprint density at radius 2 is 1.93 bits per heavy atom. The molecule has 0 aliphatic carbocycles. The van der Waals surface area contributed by atoms with Crippen LogP contribution in [0.15, 0.2) is 48.5 Å². The average molecular weight is 382 g/mol. The molecule has 0 bridgehead atoms. The Morgan fingerprint density at radius 1 is 1.11 bits per heavy atom. The molecule has 3 aliphatic rings. The van der Waals surface area contributed by atoms with Crippen LogP contribution in [0.2, 0.25) is 0 Å². The zero-order chi connectivity index (χ0) is 19.1. The second-order valence-corrected chi connectivity index (χ2v) is 7.65. The fraction of sp³-hybridized carbons (Fsp3) is 0.409. The smallest absolute Gasteiger partial charge is 0.252 e. The molecule has 0 radical (unpaired) electrons. The first kappa shape index (κ1) is 17.8. The standard InChI is InChI=1S/C22H23FN2O3/c23-16-7-5-15(6-8-16)21-17-4-2-1-3-14(17)9-10-25(21)22(26)19-11-18-20(12-27-19)28-13-24-18/h1-8,18-21,24H,9-13H2/t18-,19+,20-,21-/m0/s1. The predicted octanol–water partition coefficient (Wildman–Crippen LogP) is 2.40. The van der Waals surface area contributed by atoms with Gasteiger partial charge in [-0.05, 0) is 35.2 Å². The van der Waals surface area contributed by atoms with E-state index < -0.39 is 6.10 Å². The maximum atomic E-state index is 13.5. The summed E-state index contributed by atoms with van der Waals surface area (Å²) in [4.78, 5) is 15.4. The summed E-state index contributed by atoms with van der Waals surface area (Å²) in [5, 5.41) is 3.30. The Labute approximate surface area is 163 Å². The first-order valence-electron chi connectivity index (χ1n) is 9.81. The Balaban J connectivity index is 1.47. The van der Waals surface area contributed by atoms with Crippen molar-refractivity contribution in [1.82, 2.24) is 10.2 Å². The Hall–Kier alpha value is -2.28. The fourth-order valence-corrected chi connectivity index (χ4v) is 4.58. The van der Waals surface area contributed by atoms with Gasteiger partial charge in [0.05, 0.1) is 25.5 Å². The molecule has 5 nitrogen and oxygen atoms in total. The molecule has 146 valence electrons. The van der Waals surface area contributed by atoms with Crippen LogP contribution in [-0.2, 0) is 20.7 Å². The molecule has 2 aromatic carbocycles. The molecule has 2 aromatic rings. The second kappa shape index (κ2) is 7.28. The quantitative estimate of drug-likeness (QED) is 0.867. The van der Waals surface area contributed by atoms with E-state index in [0.717, 1.165) is 17.5 Å². The summed E-state index contributed by atoms with van der Waals surface area (Å²) in [6, 6.07) is 14.6. The molecule has 3 aliphatic heterocycles. The van der Waals surface area contributed by atoms with E-state index in [-0.39, 0.29) is 29.9 Å². The minimum absolute atomic E-state index is 0.00372. The number of nitrogens with one attached hydrogen (secondary N) is 1. The van der Waals surface area contributed by atoms with Gasteiger partial charge in [0, 0.05) is 19.0 Å². The molecule has 5 rings (SSSR count). The van der Waals surface area contributed by atoms with Crippen LogP contribution in [0.25, 0.3) is 0 Å². The summed E-state index contributed by atoms with van der Waals surface area (Å²) in [7, 11) is 0. The van der Waals surface area contributed by atoms with E-state index in [0.29, 0.717) is 26.3 Å². The van der Waals surface area contributed by atoms with Gasteiger partial charge in [0.25, 0.3) is 5.91 Å². The van der Waals surface area contributed by atoms with Gasteiger partial charge in [-0.25, -0.2) is 4.39 Å². The minimum Gasteiger partial charge on any atom is -0.366 e. The highest BCUT2D eigenvalue weighted by atomic mass is 19.1. The normalized spacial score (nSPS) is 29.2. The number of carbonyl (C=O) groups excluding carboxylic acids is 1. The van der Waals surface area contributed by atoms with Crippen LogP contribution in [-0.4, -0.2) is 48.9 Å². The number of hydrogen-bond acceptors (Lipinski definition) is 4. The van der Waals surface area contributed by atoms with E-state index in [1.807, 2.05) is 17.0 Å². The van der Waals surface area contributed by atoms with Crippen LogP contribution in [0, 0.1) is 5.82 Å². The van der Waals surface area contributed by atoms with Crippen LogP contribution in [0.3, 0.4) is 0 Å². The Bertz CT molecular complexity index is 872. The van der Waals surface area contributed by atoms with Gasteiger partial charge in [0.2, 0.25) is 0 Å². The number of benzene rings is 2. The van der Waals surface area contributed by atoms with E-state index in [4.69, 9.17) is 9.47 Å². The van der Waals surface area contributed by atoms with Crippen LogP contribution < -0.4 is 5.32 Å². The molecule has 28 heavy (non-hydrogen) atoms. The summed E-state index contributed by atoms with van der Waals surface area (Å²) in [6.07, 6.45) is 0.958. The van der Waals surface area contributed by atoms with E-state index in [9.17, 15) is 9.18 Å². The maximum Gasteiger partial charge on any atom is 0.252 e. The molecule has 0 aromatic heterocycles. The van der Waals surface area contributed by atoms with E-state index in [1.165, 1.54) is 17.7 Å². The predicted molar refractivity (Wildman–Crippen MR) is 101 cm³/mol. The first-order valence-corrected chi connectivity index (χ1v) is 9.81. The number of rotatable bonds is 2. The molecule has 0 spiro atoms. The van der Waals surface area contributed by atoms with Crippen molar-refractivity contribution in [1.29, 1.82) is 0 Å². The number of hydrogen-bond donors (Lipinski definition) is 1. The van der Waals surface area contributed by atoms with Crippen molar-refractivity contribution < 1.29 is 18.7 Å². The van der Waals surface area contributed by atoms with Gasteiger partial charge in [-0.15, -0.1) is 0 Å². The van der Waals surface area contributed by atoms with E-state index in [1.54, 1.807) is 12.1 Å². The number of amides is 1. The summed E-state index contributed by atoms with van der Waals surface area (Å²) in [6.45, 7) is 1.56. The highest BCUT2D eigenvalue weighted by Gasteiger charge is 2.42. The van der Waals surface area contributed by atoms with Gasteiger partial charge in [0.1, 0.15) is 11.9 Å². The van der Waals surface area contributed by atoms with Crippen molar-refractivity contribution >= 4 is 5.91 Å². The van der Waals surface area contributed by atoms with Gasteiger partial charge in [0.15, 0.2) is 0 Å². The number of halogens is 1. The third kappa shape index (κ3) is 3.11. The monoisotopic (exact) mass is 382 g/mol. The zero-order valence-corrected chi connectivity index (χ0v) is 15.5. The molecule has 0 unspecified atom stereocenters. The van der Waals surface area contributed by atoms with Crippen LogP contribution in [0.4, 0.5) is 4.39 Å². The van der Waals surface area contributed by atoms with Crippen molar-refractivity contribution in [2.24, 2.45) is 0 Å². The van der Waals surface area contributed by atoms with Gasteiger partial charge < -0.3 is 14.4 Å². The van der Waals surface area contributed by atoms with Crippen molar-refractivity contribution in [3.8, 4) is 0 Å². The molecule has 1 N–H and O–H groups in total. The molecule has 1 amide bonds. The minimum atomic E-state index is -0.483. The van der Waals surface area contributed by atoms with Crippen LogP contribution in [0.5, 0.6) is 0 Å². The summed E-state index contributed by atoms with van der Waals surface area (Å²) >= 11 is 0. The van der Waals surface area contributed by atoms with Crippen LogP contribution in [0.1, 0.15) is 29.2 Å². The van der Waals surface area contributed by atoms with E-state index >= 15 is 0 Å². The van der Waals surface area contributed by atoms with Gasteiger partial charge in [-0.1, -0.05) is 36.4 Å². The number of fused-ring (bicyclic) bond motifs is 2. The number of ether oxygens (including phenoxy) is 2. The lowest BCUT2D eigenvalue weighted by Gasteiger charge is -2.41. The summed E-state index contributed by atoms with van der Waals surface area (Å²) < 4.78 is 25.0. The molecule has 4 atom stereocenters. The molecular formula is C22H23FN2O3. The second-order valence-electron chi connectivity index (χ2n) is 7.65. The third-order valence-corrected chi connectivity index (χ3v) is 6.05. The summed E-state index contributed by atoms with van der Waals surface area (Å²) in [5.74, 6) is -0.282. The Morgan fingerprint density at radius 3 is 2.79 bits per heavy atom.